The fourth-order valence-electron chi connectivity index (χ4n) is 3.93. The number of hydrogen-bond acceptors (Lipinski definition) is 5. The number of nitrogens with zero attached hydrogens (tertiary/aromatic N) is 1. The van der Waals surface area contributed by atoms with Crippen LogP contribution in [0.5, 0.6) is 0 Å². The van der Waals surface area contributed by atoms with Crippen LogP contribution in [0, 0.1) is 16.2 Å². The van der Waals surface area contributed by atoms with Crippen molar-refractivity contribution in [1.29, 1.82) is 0 Å². The summed E-state index contributed by atoms with van der Waals surface area (Å²) in [7, 11) is -4.94. The largest absolute Gasteiger partial charge is 0.231 e. The van der Waals surface area contributed by atoms with Gasteiger partial charge in [-0.3, -0.25) is 0 Å². The van der Waals surface area contributed by atoms with Crippen molar-refractivity contribution in [2.24, 2.45) is 5.92 Å². The van der Waals surface area contributed by atoms with Crippen LogP contribution in [0.3, 0.4) is 0 Å². The number of para-hydroxylation sites is 1. The third-order valence-corrected chi connectivity index (χ3v) is 6.46. The molecule has 0 radical (unpaired) electrons. The van der Waals surface area contributed by atoms with Gasteiger partial charge in [-0.1, -0.05) is 71.1 Å². The summed E-state index contributed by atoms with van der Waals surface area (Å²) in [5.74, 6) is 2.08. The van der Waals surface area contributed by atoms with Crippen molar-refractivity contribution in [2.45, 2.75) is 71.6 Å². The number of aromatic nitrogens is 1. The summed E-state index contributed by atoms with van der Waals surface area (Å²) in [6, 6.07) is 8.94. The Labute approximate surface area is 174 Å². The molecule has 2 aromatic rings. The highest BCUT2D eigenvalue weighted by atomic mass is 35.7. The van der Waals surface area contributed by atoms with Crippen LogP contribution in [0.1, 0.15) is 82.4 Å². The number of fused-ring (bicyclic) bond motifs is 1. The van der Waals surface area contributed by atoms with Crippen molar-refractivity contribution < 1.29 is 33.4 Å². The van der Waals surface area contributed by atoms with Crippen LogP contribution >= 0.6 is 11.3 Å². The molecule has 1 heterocycles. The van der Waals surface area contributed by atoms with E-state index in [4.69, 9.17) is 18.6 Å². The second-order valence-electron chi connectivity index (χ2n) is 8.82. The zero-order chi connectivity index (χ0) is 21.3. The van der Waals surface area contributed by atoms with Crippen LogP contribution in [0.2, 0.25) is 0 Å². The molecule has 156 valence electrons. The third-order valence-electron chi connectivity index (χ3n) is 5.28. The van der Waals surface area contributed by atoms with Crippen LogP contribution in [0.25, 0.3) is 5.69 Å². The lowest BCUT2D eigenvalue weighted by atomic mass is 9.78. The van der Waals surface area contributed by atoms with E-state index < -0.39 is 10.2 Å². The first-order valence-corrected chi connectivity index (χ1v) is 11.7. The van der Waals surface area contributed by atoms with Crippen molar-refractivity contribution in [3.05, 3.63) is 45.9 Å². The Hall–Kier alpha value is -1.02. The molecule has 0 spiro atoms. The predicted octanol–water partition coefficient (Wildman–Crippen LogP) is 1.20. The molecule has 0 unspecified atom stereocenters. The van der Waals surface area contributed by atoms with E-state index in [0.717, 1.165) is 0 Å². The lowest BCUT2D eigenvalue weighted by Crippen LogP contribution is -2.68. The summed E-state index contributed by atoms with van der Waals surface area (Å²) in [4.78, 5) is 1.61. The fourth-order valence-corrected chi connectivity index (χ4v) is 5.09. The monoisotopic (exact) mass is 427 g/mol. The maximum Gasteiger partial charge on any atom is 0.231 e. The normalized spacial score (nSPS) is 19.8. The van der Waals surface area contributed by atoms with Gasteiger partial charge in [0.1, 0.15) is 0 Å². The molecule has 0 amide bonds. The van der Waals surface area contributed by atoms with Crippen LogP contribution in [-0.4, -0.2) is 0 Å². The summed E-state index contributed by atoms with van der Waals surface area (Å²) in [6.45, 7) is 14.1. The molecule has 1 aliphatic carbocycles. The zero-order valence-corrected chi connectivity index (χ0v) is 19.0. The zero-order valence-electron chi connectivity index (χ0n) is 17.4. The number of thiazole rings is 1. The molecule has 0 aliphatic heterocycles. The molecule has 0 saturated heterocycles. The highest BCUT2D eigenvalue weighted by Gasteiger charge is 2.38. The summed E-state index contributed by atoms with van der Waals surface area (Å²) in [5, 5.41) is 0. The molecular weight excluding hydrogens is 398 g/mol. The molecule has 5 nitrogen and oxygen atoms in total. The lowest BCUT2D eigenvalue weighted by molar-refractivity contribution is -2.00. The van der Waals surface area contributed by atoms with Gasteiger partial charge in [0.25, 0.3) is 0 Å². The first-order valence-electron chi connectivity index (χ1n) is 9.55. The molecule has 0 saturated carbocycles. The van der Waals surface area contributed by atoms with E-state index in [0.29, 0.717) is 17.8 Å². The van der Waals surface area contributed by atoms with E-state index >= 15 is 0 Å². The molecule has 1 aromatic carbocycles. The Morgan fingerprint density at radius 2 is 1.64 bits per heavy atom. The van der Waals surface area contributed by atoms with Gasteiger partial charge in [-0.15, -0.1) is 10.2 Å². The van der Waals surface area contributed by atoms with Crippen molar-refractivity contribution in [1.82, 2.24) is 0 Å². The molecule has 2 atom stereocenters. The second-order valence-corrected chi connectivity index (χ2v) is 10.5. The van der Waals surface area contributed by atoms with E-state index in [-0.39, 0.29) is 5.41 Å². The summed E-state index contributed by atoms with van der Waals surface area (Å²) < 4.78 is 36.5. The molecule has 0 bridgehead atoms. The Bertz CT molecular complexity index is 786. The standard InChI is InChI=1S/C21H30NS.ClHO4/c1-14(2)16-12-11-15(3)20-19(16)22(13-23-20)18-10-8-7-9-17(18)21(4,5)6;2-1(3,4)5/h7-10,13-16H,11-12H2,1-6H3;(H,2,3,4,5)/q+1;/p-1/t15-,16+;/m1./s1. The van der Waals surface area contributed by atoms with Crippen molar-refractivity contribution in [2.75, 3.05) is 0 Å². The number of rotatable bonds is 2. The molecule has 3 rings (SSSR count). The SMILES string of the molecule is CC(C)[C@@H]1CC[C@@H](C)c2sc[n+](-c3ccccc3C(C)(C)C)c21.[O-][Cl+3]([O-])([O-])[O-]. The molecule has 0 N–H and O–H groups in total. The van der Waals surface area contributed by atoms with E-state index in [1.165, 1.54) is 24.1 Å². The minimum atomic E-state index is -4.94. The lowest BCUT2D eigenvalue weighted by Gasteiger charge is -2.27. The molecule has 0 fully saturated rings. The molecule has 28 heavy (non-hydrogen) atoms. The topological polar surface area (TPSA) is 96.1 Å². The van der Waals surface area contributed by atoms with Gasteiger partial charge >= 0.3 is 0 Å². The molecule has 1 aliphatic rings. The van der Waals surface area contributed by atoms with Gasteiger partial charge in [0.2, 0.25) is 16.9 Å². The van der Waals surface area contributed by atoms with E-state index in [1.807, 2.05) is 11.3 Å². The Kier molecular flexibility index (Phi) is 7.29. The predicted molar refractivity (Wildman–Crippen MR) is 99.8 cm³/mol. The van der Waals surface area contributed by atoms with Gasteiger partial charge in [0.15, 0.2) is 0 Å². The quantitative estimate of drug-likeness (QED) is 0.672. The fraction of sp³-hybridized carbons (Fsp3) is 0.571. The molecule has 1 aromatic heterocycles. The minimum absolute atomic E-state index is 0.159. The molecule has 7 heteroatoms. The first-order chi connectivity index (χ1) is 12.8. The Balaban J connectivity index is 0.000000500. The van der Waals surface area contributed by atoms with Crippen LogP contribution in [0.15, 0.2) is 29.8 Å². The summed E-state index contributed by atoms with van der Waals surface area (Å²) in [6.07, 6.45) is 2.65. The van der Waals surface area contributed by atoms with Crippen molar-refractivity contribution in [3.8, 4) is 5.69 Å². The first kappa shape index (κ1) is 23.3. The van der Waals surface area contributed by atoms with Crippen molar-refractivity contribution >= 4 is 11.3 Å². The molecular formula is C21H30ClNO4S. The van der Waals surface area contributed by atoms with Crippen LogP contribution in [-0.2, 0) is 5.41 Å². The van der Waals surface area contributed by atoms with Crippen LogP contribution < -0.4 is 23.2 Å². The second kappa shape index (κ2) is 8.78. The Morgan fingerprint density at radius 1 is 1.07 bits per heavy atom. The maximum atomic E-state index is 8.49. The van der Waals surface area contributed by atoms with Crippen LogP contribution in [0.4, 0.5) is 0 Å². The summed E-state index contributed by atoms with van der Waals surface area (Å²) in [5.41, 5.74) is 6.90. The average molecular weight is 428 g/mol. The smallest absolute Gasteiger partial charge is 0.222 e. The Morgan fingerprint density at radius 3 is 2.18 bits per heavy atom. The minimum Gasteiger partial charge on any atom is -0.222 e. The van der Waals surface area contributed by atoms with Gasteiger partial charge in [-0.25, -0.2) is 18.6 Å². The van der Waals surface area contributed by atoms with Gasteiger partial charge < -0.3 is 0 Å². The van der Waals surface area contributed by atoms with E-state index in [1.54, 1.807) is 10.6 Å². The maximum absolute atomic E-state index is 8.49. The van der Waals surface area contributed by atoms with Gasteiger partial charge in [0.05, 0.1) is 4.88 Å². The average Bonchev–Trinajstić information content (AvgIpc) is 2.98. The highest BCUT2D eigenvalue weighted by molar-refractivity contribution is 7.09. The van der Waals surface area contributed by atoms with Gasteiger partial charge in [-0.05, 0) is 30.1 Å². The van der Waals surface area contributed by atoms with E-state index in [9.17, 15) is 0 Å². The van der Waals surface area contributed by atoms with Crippen molar-refractivity contribution in [3.63, 3.8) is 0 Å². The third kappa shape index (κ3) is 5.75. The number of halogens is 1. The van der Waals surface area contributed by atoms with Gasteiger partial charge in [-0.2, -0.15) is 4.57 Å². The highest BCUT2D eigenvalue weighted by Crippen LogP contribution is 2.43. The number of benzene rings is 1. The summed E-state index contributed by atoms with van der Waals surface area (Å²) >= 11 is 1.96. The number of hydrogen-bond donors (Lipinski definition) is 0. The van der Waals surface area contributed by atoms with Gasteiger partial charge in [0, 0.05) is 17.5 Å². The van der Waals surface area contributed by atoms with E-state index in [2.05, 4.69) is 75.9 Å².